The van der Waals surface area contributed by atoms with Crippen molar-refractivity contribution in [2.75, 3.05) is 6.61 Å². The topological polar surface area (TPSA) is 43.4 Å². The SMILES string of the molecule is O=C(Cc1c(F)cccc1Cl)OCC(=O)c1cccc2ccccc12. The summed E-state index contributed by atoms with van der Waals surface area (Å²) in [7, 11) is 0. The van der Waals surface area contributed by atoms with Crippen molar-refractivity contribution < 1.29 is 18.7 Å². The Labute approximate surface area is 149 Å². The largest absolute Gasteiger partial charge is 0.457 e. The van der Waals surface area contributed by atoms with E-state index < -0.39 is 18.4 Å². The van der Waals surface area contributed by atoms with Gasteiger partial charge in [0.2, 0.25) is 5.78 Å². The molecule has 0 aromatic heterocycles. The third kappa shape index (κ3) is 3.86. The molecule has 5 heteroatoms. The van der Waals surface area contributed by atoms with E-state index in [4.69, 9.17) is 16.3 Å². The van der Waals surface area contributed by atoms with Gasteiger partial charge in [-0.2, -0.15) is 0 Å². The van der Waals surface area contributed by atoms with Gasteiger partial charge in [0.1, 0.15) is 5.82 Å². The zero-order valence-corrected chi connectivity index (χ0v) is 13.9. The lowest BCUT2D eigenvalue weighted by molar-refractivity contribution is -0.141. The summed E-state index contributed by atoms with van der Waals surface area (Å²) in [6.45, 7) is -0.404. The molecule has 0 aliphatic carbocycles. The number of fused-ring (bicyclic) bond motifs is 1. The Balaban J connectivity index is 1.69. The summed E-state index contributed by atoms with van der Waals surface area (Å²) in [4.78, 5) is 24.3. The molecular weight excluding hydrogens is 343 g/mol. The molecule has 3 nitrogen and oxygen atoms in total. The van der Waals surface area contributed by atoms with Gasteiger partial charge in [-0.15, -0.1) is 0 Å². The molecule has 0 amide bonds. The molecule has 0 unspecified atom stereocenters. The molecule has 0 aliphatic heterocycles. The van der Waals surface area contributed by atoms with Gasteiger partial charge in [-0.1, -0.05) is 60.1 Å². The first-order chi connectivity index (χ1) is 12.1. The van der Waals surface area contributed by atoms with Crippen LogP contribution in [0.4, 0.5) is 4.39 Å². The molecule has 0 saturated carbocycles. The fraction of sp³-hybridized carbons (Fsp3) is 0.100. The fourth-order valence-electron chi connectivity index (χ4n) is 2.59. The zero-order chi connectivity index (χ0) is 17.8. The number of benzene rings is 3. The molecule has 0 radical (unpaired) electrons. The van der Waals surface area contributed by atoms with Gasteiger partial charge in [0, 0.05) is 16.1 Å². The average Bonchev–Trinajstić information content (AvgIpc) is 2.62. The Hall–Kier alpha value is -2.72. The number of hydrogen-bond donors (Lipinski definition) is 0. The summed E-state index contributed by atoms with van der Waals surface area (Å²) in [6.07, 6.45) is -0.325. The van der Waals surface area contributed by atoms with Crippen LogP contribution in [0, 0.1) is 5.82 Å². The van der Waals surface area contributed by atoms with Crippen LogP contribution in [0.5, 0.6) is 0 Å². The maximum absolute atomic E-state index is 13.7. The summed E-state index contributed by atoms with van der Waals surface area (Å²) in [5.41, 5.74) is 0.543. The molecule has 0 heterocycles. The van der Waals surface area contributed by atoms with Crippen LogP contribution in [0.1, 0.15) is 15.9 Å². The van der Waals surface area contributed by atoms with Crippen LogP contribution in [-0.2, 0) is 16.0 Å². The first kappa shape index (κ1) is 17.1. The highest BCUT2D eigenvalue weighted by Gasteiger charge is 2.16. The number of Topliss-reactive ketones (excluding diaryl/α,β-unsaturated/α-hetero) is 1. The van der Waals surface area contributed by atoms with Crippen molar-refractivity contribution in [2.24, 2.45) is 0 Å². The summed E-state index contributed by atoms with van der Waals surface area (Å²) in [5, 5.41) is 1.87. The monoisotopic (exact) mass is 356 g/mol. The second-order valence-corrected chi connectivity index (χ2v) is 5.89. The van der Waals surface area contributed by atoms with Crippen molar-refractivity contribution in [3.05, 3.63) is 82.6 Å². The summed E-state index contributed by atoms with van der Waals surface area (Å²) in [6, 6.07) is 17.0. The normalized spacial score (nSPS) is 10.6. The summed E-state index contributed by atoms with van der Waals surface area (Å²) < 4.78 is 18.7. The van der Waals surface area contributed by atoms with Crippen LogP contribution in [-0.4, -0.2) is 18.4 Å². The van der Waals surface area contributed by atoms with Crippen molar-refractivity contribution in [1.29, 1.82) is 0 Å². The molecule has 126 valence electrons. The molecule has 3 rings (SSSR count). The van der Waals surface area contributed by atoms with Gasteiger partial charge in [-0.05, 0) is 22.9 Å². The van der Waals surface area contributed by atoms with Gasteiger partial charge in [0.25, 0.3) is 0 Å². The third-order valence-corrected chi connectivity index (χ3v) is 4.19. The minimum absolute atomic E-state index is 0.0618. The van der Waals surface area contributed by atoms with Crippen molar-refractivity contribution in [2.45, 2.75) is 6.42 Å². The molecule has 0 fully saturated rings. The highest BCUT2D eigenvalue weighted by Crippen LogP contribution is 2.21. The van der Waals surface area contributed by atoms with Gasteiger partial charge in [-0.25, -0.2) is 4.39 Å². The zero-order valence-electron chi connectivity index (χ0n) is 13.2. The Bertz CT molecular complexity index is 927. The lowest BCUT2D eigenvalue weighted by Gasteiger charge is -2.08. The lowest BCUT2D eigenvalue weighted by atomic mass is 10.0. The Morgan fingerprint density at radius 2 is 1.68 bits per heavy atom. The number of esters is 1. The predicted molar refractivity (Wildman–Crippen MR) is 94.4 cm³/mol. The summed E-state index contributed by atoms with van der Waals surface area (Å²) >= 11 is 5.88. The van der Waals surface area contributed by atoms with Gasteiger partial charge in [0.15, 0.2) is 6.61 Å². The second-order valence-electron chi connectivity index (χ2n) is 5.49. The number of ketones is 1. The first-order valence-corrected chi connectivity index (χ1v) is 8.03. The van der Waals surface area contributed by atoms with E-state index in [-0.39, 0.29) is 22.8 Å². The van der Waals surface area contributed by atoms with Crippen molar-refractivity contribution in [3.63, 3.8) is 0 Å². The smallest absolute Gasteiger partial charge is 0.310 e. The van der Waals surface area contributed by atoms with E-state index >= 15 is 0 Å². The quantitative estimate of drug-likeness (QED) is 0.495. The van der Waals surface area contributed by atoms with E-state index in [0.29, 0.717) is 5.56 Å². The van der Waals surface area contributed by atoms with E-state index in [0.717, 1.165) is 10.8 Å². The van der Waals surface area contributed by atoms with Crippen molar-refractivity contribution in [1.82, 2.24) is 0 Å². The highest BCUT2D eigenvalue weighted by molar-refractivity contribution is 6.31. The van der Waals surface area contributed by atoms with E-state index in [1.165, 1.54) is 18.2 Å². The molecule has 0 spiro atoms. The minimum Gasteiger partial charge on any atom is -0.457 e. The van der Waals surface area contributed by atoms with Crippen LogP contribution >= 0.6 is 11.6 Å². The first-order valence-electron chi connectivity index (χ1n) is 7.66. The molecule has 0 atom stereocenters. The number of halogens is 2. The van der Waals surface area contributed by atoms with Gasteiger partial charge < -0.3 is 4.74 Å². The molecular formula is C20H14ClFO3. The molecule has 0 saturated heterocycles. The number of rotatable bonds is 5. The van der Waals surface area contributed by atoms with E-state index in [9.17, 15) is 14.0 Å². The third-order valence-electron chi connectivity index (χ3n) is 3.84. The number of hydrogen-bond acceptors (Lipinski definition) is 3. The highest BCUT2D eigenvalue weighted by atomic mass is 35.5. The van der Waals surface area contributed by atoms with Gasteiger partial charge in [-0.3, -0.25) is 9.59 Å². The number of carbonyl (C=O) groups excluding carboxylic acids is 2. The maximum Gasteiger partial charge on any atom is 0.310 e. The standard InChI is InChI=1S/C20H14ClFO3/c21-17-9-4-10-18(22)16(17)11-20(24)25-12-19(23)15-8-3-6-13-5-1-2-7-14(13)15/h1-10H,11-12H2. The minimum atomic E-state index is -0.708. The van der Waals surface area contributed by atoms with Crippen molar-refractivity contribution >= 4 is 34.1 Å². The molecule has 3 aromatic carbocycles. The molecule has 3 aromatic rings. The van der Waals surface area contributed by atoms with E-state index in [1.807, 2.05) is 30.3 Å². The number of carbonyl (C=O) groups is 2. The molecule has 25 heavy (non-hydrogen) atoms. The predicted octanol–water partition coefficient (Wildman–Crippen LogP) is 4.60. The van der Waals surface area contributed by atoms with Gasteiger partial charge in [0.05, 0.1) is 6.42 Å². The second kappa shape index (κ2) is 7.45. The van der Waals surface area contributed by atoms with Gasteiger partial charge >= 0.3 is 5.97 Å². The van der Waals surface area contributed by atoms with Crippen LogP contribution in [0.25, 0.3) is 10.8 Å². The number of ether oxygens (including phenoxy) is 1. The van der Waals surface area contributed by atoms with E-state index in [2.05, 4.69) is 0 Å². The molecule has 0 aliphatic rings. The molecule has 0 bridgehead atoms. The fourth-order valence-corrected chi connectivity index (χ4v) is 2.82. The van der Waals surface area contributed by atoms with Crippen molar-refractivity contribution in [3.8, 4) is 0 Å². The summed E-state index contributed by atoms with van der Waals surface area (Å²) in [5.74, 6) is -1.60. The molecule has 0 N–H and O–H groups in total. The Kier molecular flexibility index (Phi) is 5.10. The van der Waals surface area contributed by atoms with Crippen LogP contribution in [0.2, 0.25) is 5.02 Å². The van der Waals surface area contributed by atoms with Crippen LogP contribution < -0.4 is 0 Å². The average molecular weight is 357 g/mol. The Morgan fingerprint density at radius 1 is 0.960 bits per heavy atom. The lowest BCUT2D eigenvalue weighted by Crippen LogP contribution is -2.16. The van der Waals surface area contributed by atoms with Crippen LogP contribution in [0.15, 0.2) is 60.7 Å². The van der Waals surface area contributed by atoms with E-state index in [1.54, 1.807) is 12.1 Å². The maximum atomic E-state index is 13.7. The Morgan fingerprint density at radius 3 is 2.48 bits per heavy atom. The van der Waals surface area contributed by atoms with Crippen LogP contribution in [0.3, 0.4) is 0 Å².